The molecule has 136 valence electrons. The largest absolute Gasteiger partial charge is 0.339 e. The van der Waals surface area contributed by atoms with Crippen LogP contribution in [0.4, 0.5) is 0 Å². The Morgan fingerprint density at radius 2 is 1.80 bits per heavy atom. The van der Waals surface area contributed by atoms with E-state index in [-0.39, 0.29) is 5.91 Å². The maximum Gasteiger partial charge on any atom is 0.233 e. The van der Waals surface area contributed by atoms with Crippen molar-refractivity contribution < 1.29 is 13.2 Å². The van der Waals surface area contributed by atoms with Gasteiger partial charge in [-0.05, 0) is 49.9 Å². The van der Waals surface area contributed by atoms with E-state index in [0.29, 0.717) is 10.9 Å². The van der Waals surface area contributed by atoms with E-state index in [1.54, 1.807) is 12.1 Å². The molecule has 0 unspecified atom stereocenters. The molecule has 2 saturated heterocycles. The third-order valence-electron chi connectivity index (χ3n) is 6.33. The van der Waals surface area contributed by atoms with Crippen LogP contribution in [0.5, 0.6) is 0 Å². The third kappa shape index (κ3) is 2.89. The molecule has 2 heterocycles. The van der Waals surface area contributed by atoms with Crippen molar-refractivity contribution in [3.05, 3.63) is 29.8 Å². The van der Waals surface area contributed by atoms with Gasteiger partial charge in [0.15, 0.2) is 9.84 Å². The van der Waals surface area contributed by atoms with Crippen LogP contribution < -0.4 is 0 Å². The van der Waals surface area contributed by atoms with Gasteiger partial charge in [0.2, 0.25) is 5.91 Å². The van der Waals surface area contributed by atoms with E-state index in [4.69, 9.17) is 0 Å². The fourth-order valence-corrected chi connectivity index (χ4v) is 5.29. The summed E-state index contributed by atoms with van der Waals surface area (Å²) in [6, 6.07) is 7.51. The molecule has 3 fully saturated rings. The smallest absolute Gasteiger partial charge is 0.233 e. The topological polar surface area (TPSA) is 57.7 Å². The van der Waals surface area contributed by atoms with E-state index in [2.05, 4.69) is 9.80 Å². The van der Waals surface area contributed by atoms with Crippen LogP contribution in [0, 0.1) is 0 Å². The zero-order valence-corrected chi connectivity index (χ0v) is 15.6. The molecule has 1 aliphatic carbocycles. The molecular formula is C19H26N2O3S. The van der Waals surface area contributed by atoms with Crippen molar-refractivity contribution >= 4 is 15.7 Å². The number of fused-ring (bicyclic) bond motifs is 1. The molecule has 1 aromatic carbocycles. The highest BCUT2D eigenvalue weighted by molar-refractivity contribution is 7.90. The van der Waals surface area contributed by atoms with Crippen LogP contribution in [0.1, 0.15) is 37.7 Å². The first kappa shape index (κ1) is 17.0. The van der Waals surface area contributed by atoms with Crippen LogP contribution in [0.15, 0.2) is 29.2 Å². The molecule has 1 saturated carbocycles. The number of hydrogen-bond acceptors (Lipinski definition) is 4. The lowest BCUT2D eigenvalue weighted by Gasteiger charge is -2.47. The molecular weight excluding hydrogens is 336 g/mol. The monoisotopic (exact) mass is 362 g/mol. The van der Waals surface area contributed by atoms with E-state index < -0.39 is 15.3 Å². The Labute approximate surface area is 149 Å². The lowest BCUT2D eigenvalue weighted by Crippen LogP contribution is -2.58. The first-order chi connectivity index (χ1) is 11.9. The van der Waals surface area contributed by atoms with Crippen LogP contribution in [0.2, 0.25) is 0 Å². The number of carbonyl (C=O) groups excluding carboxylic acids is 1. The first-order valence-electron chi connectivity index (χ1n) is 9.24. The second kappa shape index (κ2) is 6.09. The average molecular weight is 362 g/mol. The summed E-state index contributed by atoms with van der Waals surface area (Å²) in [7, 11) is -3.21. The van der Waals surface area contributed by atoms with Crippen LogP contribution in [-0.2, 0) is 20.0 Å². The summed E-state index contributed by atoms with van der Waals surface area (Å²) in [4.78, 5) is 18.3. The van der Waals surface area contributed by atoms with E-state index in [1.807, 2.05) is 12.1 Å². The van der Waals surface area contributed by atoms with Gasteiger partial charge in [-0.1, -0.05) is 18.6 Å². The van der Waals surface area contributed by atoms with Crippen LogP contribution >= 0.6 is 0 Å². The molecule has 1 atom stereocenters. The molecule has 2 aliphatic heterocycles. The van der Waals surface area contributed by atoms with Gasteiger partial charge in [0.05, 0.1) is 10.3 Å². The lowest BCUT2D eigenvalue weighted by molar-refractivity contribution is -0.143. The average Bonchev–Trinajstić information content (AvgIpc) is 3.01. The maximum absolute atomic E-state index is 13.4. The van der Waals surface area contributed by atoms with Crippen molar-refractivity contribution in [2.75, 3.05) is 32.4 Å². The minimum absolute atomic E-state index is 0.248. The first-order valence-corrected chi connectivity index (χ1v) is 11.1. The summed E-state index contributed by atoms with van der Waals surface area (Å²) < 4.78 is 23.4. The predicted molar refractivity (Wildman–Crippen MR) is 96.3 cm³/mol. The van der Waals surface area contributed by atoms with Crippen molar-refractivity contribution in [3.8, 4) is 0 Å². The van der Waals surface area contributed by atoms with Gasteiger partial charge in [0.25, 0.3) is 0 Å². The van der Waals surface area contributed by atoms with Gasteiger partial charge < -0.3 is 4.90 Å². The molecule has 0 radical (unpaired) electrons. The summed E-state index contributed by atoms with van der Waals surface area (Å²) >= 11 is 0. The third-order valence-corrected chi connectivity index (χ3v) is 7.45. The number of benzene rings is 1. The predicted octanol–water partition coefficient (Wildman–Crippen LogP) is 1.82. The summed E-state index contributed by atoms with van der Waals surface area (Å²) in [5.41, 5.74) is 0.543. The highest BCUT2D eigenvalue weighted by atomic mass is 32.2. The SMILES string of the molecule is CS(=O)(=O)c1ccc(C2(C(=O)N3CCN4CCC[C@@H]4C3)CCC2)cc1. The van der Waals surface area contributed by atoms with E-state index >= 15 is 0 Å². The summed E-state index contributed by atoms with van der Waals surface area (Å²) in [5.74, 6) is 0.248. The van der Waals surface area contributed by atoms with Gasteiger partial charge in [-0.3, -0.25) is 9.69 Å². The van der Waals surface area contributed by atoms with Gasteiger partial charge in [-0.2, -0.15) is 0 Å². The quantitative estimate of drug-likeness (QED) is 0.823. The van der Waals surface area contributed by atoms with Crippen LogP contribution in [0.25, 0.3) is 0 Å². The van der Waals surface area contributed by atoms with Crippen LogP contribution in [-0.4, -0.2) is 62.6 Å². The number of piperazine rings is 1. The maximum atomic E-state index is 13.4. The van der Waals surface area contributed by atoms with Crippen molar-refractivity contribution in [1.29, 1.82) is 0 Å². The molecule has 0 bridgehead atoms. The Morgan fingerprint density at radius 1 is 1.08 bits per heavy atom. The Balaban J connectivity index is 1.57. The Bertz CT molecular complexity index is 768. The number of carbonyl (C=O) groups is 1. The molecule has 4 rings (SSSR count). The van der Waals surface area contributed by atoms with E-state index in [0.717, 1.165) is 44.5 Å². The number of hydrogen-bond donors (Lipinski definition) is 0. The Morgan fingerprint density at radius 3 is 2.40 bits per heavy atom. The fourth-order valence-electron chi connectivity index (χ4n) is 4.66. The molecule has 3 aliphatic rings. The Kier molecular flexibility index (Phi) is 4.15. The van der Waals surface area contributed by atoms with Gasteiger partial charge in [-0.25, -0.2) is 8.42 Å². The number of amides is 1. The second-order valence-electron chi connectivity index (χ2n) is 7.82. The van der Waals surface area contributed by atoms with Crippen LogP contribution in [0.3, 0.4) is 0 Å². The molecule has 0 N–H and O–H groups in total. The summed E-state index contributed by atoms with van der Waals surface area (Å²) in [6.45, 7) is 3.82. The molecule has 1 amide bonds. The van der Waals surface area contributed by atoms with Gasteiger partial charge in [-0.15, -0.1) is 0 Å². The summed E-state index contributed by atoms with van der Waals surface area (Å²) in [5, 5.41) is 0. The molecule has 6 heteroatoms. The summed E-state index contributed by atoms with van der Waals surface area (Å²) in [6.07, 6.45) is 6.45. The minimum Gasteiger partial charge on any atom is -0.339 e. The van der Waals surface area contributed by atoms with Crippen molar-refractivity contribution in [1.82, 2.24) is 9.80 Å². The molecule has 25 heavy (non-hydrogen) atoms. The van der Waals surface area contributed by atoms with E-state index in [1.165, 1.54) is 25.6 Å². The van der Waals surface area contributed by atoms with E-state index in [9.17, 15) is 13.2 Å². The normalized spacial score (nSPS) is 26.1. The molecule has 0 spiro atoms. The molecule has 5 nitrogen and oxygen atoms in total. The van der Waals surface area contributed by atoms with Crippen molar-refractivity contribution in [3.63, 3.8) is 0 Å². The lowest BCUT2D eigenvalue weighted by atomic mass is 9.63. The number of rotatable bonds is 3. The Hall–Kier alpha value is -1.40. The van der Waals surface area contributed by atoms with Crippen molar-refractivity contribution in [2.24, 2.45) is 0 Å². The molecule has 0 aromatic heterocycles. The van der Waals surface area contributed by atoms with Crippen molar-refractivity contribution in [2.45, 2.75) is 48.5 Å². The van der Waals surface area contributed by atoms with Gasteiger partial charge in [0, 0.05) is 31.9 Å². The molecule has 1 aromatic rings. The second-order valence-corrected chi connectivity index (χ2v) is 9.83. The fraction of sp³-hybridized carbons (Fsp3) is 0.632. The zero-order valence-electron chi connectivity index (χ0n) is 14.8. The van der Waals surface area contributed by atoms with Gasteiger partial charge >= 0.3 is 0 Å². The number of sulfone groups is 1. The highest BCUT2D eigenvalue weighted by Crippen LogP contribution is 2.45. The highest BCUT2D eigenvalue weighted by Gasteiger charge is 2.49. The number of nitrogens with zero attached hydrogens (tertiary/aromatic N) is 2. The van der Waals surface area contributed by atoms with Gasteiger partial charge in [0.1, 0.15) is 0 Å². The zero-order chi connectivity index (χ0) is 17.7. The standard InChI is InChI=1S/C19H26N2O3S/c1-25(23,24)17-7-5-15(6-8-17)19(9-3-10-19)18(22)21-13-12-20-11-2-4-16(20)14-21/h5-8,16H,2-4,9-14H2,1H3/t16-/m1/s1. The minimum atomic E-state index is -3.21.